The van der Waals surface area contributed by atoms with Crippen LogP contribution in [0.5, 0.6) is 0 Å². The number of benzene rings is 2. The van der Waals surface area contributed by atoms with Crippen LogP contribution in [0.15, 0.2) is 64.6 Å². The standard InChI is InChI=1S/C22H36BNO4.C21H31NO5.C5H7IO3/c1-9-10-15-24(19(25)26-20(2,3)4)16-17-11-13-18(14-12-17)23-27-21(5,6)22(7,8)28-23;1-7-8-13-22(20(24)27-21(2,3)4)14-16-9-11-17(12-10-16)18(15-25-5)19(23)26-6;1-8-3-4(6)5(7)9-2/h11-14H,9-10,15-16H2,1-8H3;9-12,15H,7-8,13-14H2,1-6H3;3H,1-2H3/b;18-15+;4-3-. The summed E-state index contributed by atoms with van der Waals surface area (Å²) in [6.07, 6.45) is 5.96. The van der Waals surface area contributed by atoms with Crippen LogP contribution in [0.2, 0.25) is 0 Å². The number of amides is 2. The minimum atomic E-state index is -0.536. The molecule has 0 bridgehead atoms. The molecule has 64 heavy (non-hydrogen) atoms. The first-order valence-corrected chi connectivity index (χ1v) is 22.6. The maximum atomic E-state index is 12.6. The summed E-state index contributed by atoms with van der Waals surface area (Å²) in [5, 5.41) is 0. The first-order valence-electron chi connectivity index (χ1n) is 21.6. The highest BCUT2D eigenvalue weighted by Gasteiger charge is 2.51. The SMILES string of the molecule is CCCCN(Cc1ccc(/C(=C\OC)C(=O)OC)cc1)C(=O)OC(C)(C)C.CCCCN(Cc1ccc(B2OC(C)(C)C(C)(C)O2)cc1)C(=O)OC(C)(C)C.CO/C=C(\I)C(=O)OC. The molecule has 14 nitrogen and oxygen atoms in total. The summed E-state index contributed by atoms with van der Waals surface area (Å²) in [5.74, 6) is -0.847. The van der Waals surface area contributed by atoms with Gasteiger partial charge >= 0.3 is 31.2 Å². The summed E-state index contributed by atoms with van der Waals surface area (Å²) in [6, 6.07) is 15.5. The molecule has 0 aliphatic carbocycles. The molecule has 1 fully saturated rings. The van der Waals surface area contributed by atoms with Gasteiger partial charge in [0.2, 0.25) is 0 Å². The maximum Gasteiger partial charge on any atom is 0.494 e. The Labute approximate surface area is 396 Å². The number of ether oxygens (including phenoxy) is 6. The van der Waals surface area contributed by atoms with Crippen molar-refractivity contribution in [3.63, 3.8) is 0 Å². The van der Waals surface area contributed by atoms with E-state index in [4.69, 9.17) is 28.3 Å². The second-order valence-corrected chi connectivity index (χ2v) is 19.2. The summed E-state index contributed by atoms with van der Waals surface area (Å²) in [5.41, 5.74) is 2.26. The molecule has 0 spiro atoms. The van der Waals surface area contributed by atoms with E-state index in [1.165, 1.54) is 41.0 Å². The fourth-order valence-electron chi connectivity index (χ4n) is 5.52. The van der Waals surface area contributed by atoms with Crippen molar-refractivity contribution < 1.29 is 56.9 Å². The Morgan fingerprint density at radius 3 is 1.38 bits per heavy atom. The van der Waals surface area contributed by atoms with E-state index in [9.17, 15) is 19.2 Å². The Hall–Kier alpha value is -4.29. The topological polar surface area (TPSA) is 149 Å². The zero-order chi connectivity index (χ0) is 48.9. The fraction of sp³-hybridized carbons (Fsp3) is 0.583. The zero-order valence-electron chi connectivity index (χ0n) is 41.2. The largest absolute Gasteiger partial charge is 0.503 e. The summed E-state index contributed by atoms with van der Waals surface area (Å²) >= 11 is 1.83. The first-order chi connectivity index (χ1) is 29.8. The van der Waals surface area contributed by atoms with Crippen molar-refractivity contribution in [2.75, 3.05) is 41.5 Å². The third-order valence-electron chi connectivity index (χ3n) is 9.63. The highest BCUT2D eigenvalue weighted by Crippen LogP contribution is 2.36. The molecular formula is C48H74BIN2O12. The van der Waals surface area contributed by atoms with Gasteiger partial charge in [0.05, 0.1) is 45.9 Å². The van der Waals surface area contributed by atoms with Gasteiger partial charge in [-0.05, 0) is 127 Å². The van der Waals surface area contributed by atoms with Crippen LogP contribution in [0.3, 0.4) is 0 Å². The van der Waals surface area contributed by atoms with Crippen LogP contribution in [0.25, 0.3) is 5.57 Å². The van der Waals surface area contributed by atoms with Crippen LogP contribution in [-0.4, -0.2) is 105 Å². The number of rotatable bonds is 16. The quantitative estimate of drug-likeness (QED) is 0.0394. The lowest BCUT2D eigenvalue weighted by molar-refractivity contribution is -0.135. The van der Waals surface area contributed by atoms with Crippen LogP contribution in [0.1, 0.15) is 125 Å². The molecule has 0 atom stereocenters. The molecular weight excluding hydrogens is 934 g/mol. The Kier molecular flexibility index (Phi) is 24.6. The average molecular weight is 1010 g/mol. The van der Waals surface area contributed by atoms with Gasteiger partial charge in [-0.15, -0.1) is 0 Å². The molecule has 0 N–H and O–H groups in total. The van der Waals surface area contributed by atoms with Crippen molar-refractivity contribution in [2.24, 2.45) is 0 Å². The van der Waals surface area contributed by atoms with E-state index in [-0.39, 0.29) is 36.5 Å². The zero-order valence-corrected chi connectivity index (χ0v) is 43.3. The highest BCUT2D eigenvalue weighted by atomic mass is 127. The summed E-state index contributed by atoms with van der Waals surface area (Å²) in [4.78, 5) is 50.9. The smallest absolute Gasteiger partial charge is 0.494 e. The van der Waals surface area contributed by atoms with E-state index in [1.807, 2.05) is 140 Å². The molecule has 358 valence electrons. The molecule has 3 rings (SSSR count). The lowest BCUT2D eigenvalue weighted by Gasteiger charge is -2.32. The van der Waals surface area contributed by atoms with Crippen molar-refractivity contribution in [3.05, 3.63) is 81.3 Å². The van der Waals surface area contributed by atoms with Gasteiger partial charge in [-0.1, -0.05) is 75.2 Å². The minimum Gasteiger partial charge on any atom is -0.503 e. The second-order valence-electron chi connectivity index (χ2n) is 18.0. The highest BCUT2D eigenvalue weighted by molar-refractivity contribution is 14.1. The Morgan fingerprint density at radius 2 is 1.03 bits per heavy atom. The molecule has 1 aliphatic rings. The van der Waals surface area contributed by atoms with E-state index >= 15 is 0 Å². The van der Waals surface area contributed by atoms with Gasteiger partial charge in [-0.3, -0.25) is 0 Å². The summed E-state index contributed by atoms with van der Waals surface area (Å²) in [6.45, 7) is 25.9. The monoisotopic (exact) mass is 1010 g/mol. The predicted octanol–water partition coefficient (Wildman–Crippen LogP) is 9.99. The number of esters is 2. The van der Waals surface area contributed by atoms with Crippen molar-refractivity contribution in [2.45, 2.75) is 144 Å². The fourth-order valence-corrected chi connectivity index (χ4v) is 6.00. The van der Waals surface area contributed by atoms with E-state index in [0.29, 0.717) is 40.9 Å². The van der Waals surface area contributed by atoms with Gasteiger partial charge in [0.15, 0.2) is 0 Å². The van der Waals surface area contributed by atoms with Gasteiger partial charge in [0.25, 0.3) is 0 Å². The van der Waals surface area contributed by atoms with Crippen LogP contribution in [0.4, 0.5) is 9.59 Å². The molecule has 2 aromatic carbocycles. The second kappa shape index (κ2) is 27.3. The van der Waals surface area contributed by atoms with Gasteiger partial charge in [0, 0.05) is 26.2 Å². The van der Waals surface area contributed by atoms with E-state index in [0.717, 1.165) is 42.3 Å². The number of hydrogen-bond acceptors (Lipinski definition) is 12. The number of methoxy groups -OCH3 is 4. The number of nitrogens with zero attached hydrogens (tertiary/aromatic N) is 2. The van der Waals surface area contributed by atoms with Crippen molar-refractivity contribution in [1.29, 1.82) is 0 Å². The lowest BCUT2D eigenvalue weighted by Crippen LogP contribution is -2.41. The molecule has 1 heterocycles. The molecule has 0 unspecified atom stereocenters. The molecule has 1 saturated heterocycles. The molecule has 16 heteroatoms. The number of carbonyl (C=O) groups excluding carboxylic acids is 4. The predicted molar refractivity (Wildman–Crippen MR) is 260 cm³/mol. The minimum absolute atomic E-state index is 0.268. The van der Waals surface area contributed by atoms with Crippen molar-refractivity contribution >= 4 is 64.9 Å². The molecule has 2 amide bonds. The van der Waals surface area contributed by atoms with Gasteiger partial charge in [-0.2, -0.15) is 0 Å². The average Bonchev–Trinajstić information content (AvgIpc) is 3.44. The number of hydrogen-bond donors (Lipinski definition) is 0. The Bertz CT molecular complexity index is 1800. The van der Waals surface area contributed by atoms with E-state index < -0.39 is 17.2 Å². The third-order valence-corrected chi connectivity index (χ3v) is 10.3. The number of unbranched alkanes of at least 4 members (excludes halogenated alkanes) is 2. The van der Waals surface area contributed by atoms with Gasteiger partial charge in [-0.25, -0.2) is 19.2 Å². The van der Waals surface area contributed by atoms with Gasteiger partial charge < -0.3 is 47.5 Å². The van der Waals surface area contributed by atoms with Crippen LogP contribution in [-0.2, 0) is 60.4 Å². The van der Waals surface area contributed by atoms with Gasteiger partial charge in [0.1, 0.15) is 26.6 Å². The van der Waals surface area contributed by atoms with Crippen molar-refractivity contribution in [1.82, 2.24) is 9.80 Å². The maximum absolute atomic E-state index is 12.6. The normalized spacial score (nSPS) is 14.4. The van der Waals surface area contributed by atoms with Crippen LogP contribution >= 0.6 is 22.6 Å². The Balaban J connectivity index is 0.000000538. The van der Waals surface area contributed by atoms with E-state index in [1.54, 1.807) is 9.80 Å². The molecule has 0 aromatic heterocycles. The molecule has 0 radical (unpaired) electrons. The summed E-state index contributed by atoms with van der Waals surface area (Å²) < 4.78 is 42.4. The van der Waals surface area contributed by atoms with Crippen LogP contribution in [0, 0.1) is 0 Å². The Morgan fingerprint density at radius 1 is 0.641 bits per heavy atom. The molecule has 0 saturated carbocycles. The first kappa shape index (κ1) is 57.7. The number of carbonyl (C=O) groups is 4. The number of halogens is 1. The molecule has 1 aliphatic heterocycles. The third kappa shape index (κ3) is 20.7. The lowest BCUT2D eigenvalue weighted by atomic mass is 9.79. The summed E-state index contributed by atoms with van der Waals surface area (Å²) in [7, 11) is 5.23. The van der Waals surface area contributed by atoms with Crippen LogP contribution < -0.4 is 5.46 Å². The van der Waals surface area contributed by atoms with Crippen molar-refractivity contribution in [3.8, 4) is 0 Å². The van der Waals surface area contributed by atoms with E-state index in [2.05, 4.69) is 23.3 Å². The molecule has 2 aromatic rings.